The monoisotopic (exact) mass is 301 g/mol. The highest BCUT2D eigenvalue weighted by Crippen LogP contribution is 2.61. The number of nitrogens with zero attached hydrogens (tertiary/aromatic N) is 2. The zero-order valence-electron chi connectivity index (χ0n) is 12.4. The molecule has 0 aromatic carbocycles. The van der Waals surface area contributed by atoms with E-state index in [0.29, 0.717) is 11.5 Å². The Balaban J connectivity index is 1.40. The molecule has 21 heavy (non-hydrogen) atoms. The third-order valence-corrected chi connectivity index (χ3v) is 7.22. The van der Waals surface area contributed by atoms with Crippen LogP contribution in [0.4, 0.5) is 0 Å². The molecule has 4 saturated carbocycles. The Morgan fingerprint density at radius 2 is 1.90 bits per heavy atom. The van der Waals surface area contributed by atoms with Crippen LogP contribution in [0.5, 0.6) is 0 Å². The fourth-order valence-electron chi connectivity index (χ4n) is 5.95. The lowest BCUT2D eigenvalue weighted by Crippen LogP contribution is -2.55. The van der Waals surface area contributed by atoms with Crippen LogP contribution in [-0.2, 0) is 6.42 Å². The lowest BCUT2D eigenvalue weighted by molar-refractivity contribution is -0.0668. The summed E-state index contributed by atoms with van der Waals surface area (Å²) in [4.78, 5) is 5.84. The molecule has 6 rings (SSSR count). The summed E-state index contributed by atoms with van der Waals surface area (Å²) in [7, 11) is 0. The van der Waals surface area contributed by atoms with E-state index in [4.69, 9.17) is 10.7 Å². The molecule has 4 aliphatic carbocycles. The van der Waals surface area contributed by atoms with Crippen LogP contribution in [0, 0.1) is 23.2 Å². The predicted octanol–water partition coefficient (Wildman–Crippen LogP) is 3.48. The minimum atomic E-state index is 0.301. The molecule has 0 spiro atoms. The molecule has 4 bridgehead atoms. The van der Waals surface area contributed by atoms with E-state index in [-0.39, 0.29) is 0 Å². The number of thiazole rings is 1. The quantitative estimate of drug-likeness (QED) is 0.943. The van der Waals surface area contributed by atoms with Crippen molar-refractivity contribution in [1.29, 1.82) is 0 Å². The highest BCUT2D eigenvalue weighted by molar-refractivity contribution is 7.15. The van der Waals surface area contributed by atoms with E-state index < -0.39 is 0 Å². The Kier molecular flexibility index (Phi) is 2.61. The van der Waals surface area contributed by atoms with Gasteiger partial charge in [-0.15, -0.1) is 11.3 Å². The molecule has 1 atom stereocenters. The molecule has 4 heteroatoms. The third kappa shape index (κ3) is 1.92. The van der Waals surface area contributed by atoms with Gasteiger partial charge in [0.25, 0.3) is 0 Å². The summed E-state index contributed by atoms with van der Waals surface area (Å²) in [6, 6.07) is 0.301. The molecular formula is C17H23N3S. The third-order valence-electron chi connectivity index (χ3n) is 6.44. The highest BCUT2D eigenvalue weighted by atomic mass is 32.1. The summed E-state index contributed by atoms with van der Waals surface area (Å²) in [5, 5.41) is 2.09. The summed E-state index contributed by atoms with van der Waals surface area (Å²) in [5.74, 6) is 2.94. The Morgan fingerprint density at radius 3 is 2.52 bits per heavy atom. The molecule has 0 radical (unpaired) electrons. The molecule has 112 valence electrons. The molecule has 0 aliphatic heterocycles. The number of imidazole rings is 1. The lowest BCUT2D eigenvalue weighted by Gasteiger charge is -2.59. The first-order valence-corrected chi connectivity index (χ1v) is 9.25. The molecule has 3 nitrogen and oxygen atoms in total. The minimum Gasteiger partial charge on any atom is -0.327 e. The van der Waals surface area contributed by atoms with Gasteiger partial charge < -0.3 is 5.73 Å². The summed E-state index contributed by atoms with van der Waals surface area (Å²) < 4.78 is 2.13. The minimum absolute atomic E-state index is 0.301. The molecule has 2 N–H and O–H groups in total. The Bertz CT molecular complexity index is 607. The normalized spacial score (nSPS) is 39.2. The van der Waals surface area contributed by atoms with E-state index in [0.717, 1.165) is 29.1 Å². The molecule has 2 heterocycles. The Hall–Kier alpha value is -0.870. The standard InChI is InChI=1S/C17H23N3S/c18-15(6-14-10-20-1-2-21-16(20)19-14)17-7-11-3-12(8-17)5-13(4-11)9-17/h1-2,10-13,15H,3-9,18H2. The van der Waals surface area contributed by atoms with Crippen LogP contribution in [0.3, 0.4) is 0 Å². The van der Waals surface area contributed by atoms with E-state index >= 15 is 0 Å². The number of rotatable bonds is 3. The van der Waals surface area contributed by atoms with Crippen LogP contribution in [0.15, 0.2) is 17.8 Å². The fourth-order valence-corrected chi connectivity index (χ4v) is 6.67. The van der Waals surface area contributed by atoms with Crippen LogP contribution in [0.1, 0.15) is 44.2 Å². The summed E-state index contributed by atoms with van der Waals surface area (Å²) >= 11 is 1.71. The van der Waals surface area contributed by atoms with Crippen molar-refractivity contribution in [3.05, 3.63) is 23.5 Å². The smallest absolute Gasteiger partial charge is 0.193 e. The first kappa shape index (κ1) is 12.7. The van der Waals surface area contributed by atoms with Crippen LogP contribution < -0.4 is 5.73 Å². The van der Waals surface area contributed by atoms with Crippen molar-refractivity contribution in [2.24, 2.45) is 28.9 Å². The zero-order chi connectivity index (χ0) is 14.0. The van der Waals surface area contributed by atoms with Crippen molar-refractivity contribution in [3.63, 3.8) is 0 Å². The van der Waals surface area contributed by atoms with Crippen molar-refractivity contribution in [2.75, 3.05) is 0 Å². The Labute approximate surface area is 129 Å². The number of fused-ring (bicyclic) bond motifs is 1. The number of hydrogen-bond donors (Lipinski definition) is 1. The van der Waals surface area contributed by atoms with Gasteiger partial charge in [0, 0.05) is 30.2 Å². The average molecular weight is 301 g/mol. The second kappa shape index (κ2) is 4.32. The van der Waals surface area contributed by atoms with Gasteiger partial charge in [-0.05, 0) is 61.7 Å². The van der Waals surface area contributed by atoms with Crippen LogP contribution in [0.2, 0.25) is 0 Å². The summed E-state index contributed by atoms with van der Waals surface area (Å²) in [5.41, 5.74) is 8.37. The average Bonchev–Trinajstić information content (AvgIpc) is 2.97. The fraction of sp³-hybridized carbons (Fsp3) is 0.706. The van der Waals surface area contributed by atoms with E-state index in [2.05, 4.69) is 22.2 Å². The maximum Gasteiger partial charge on any atom is 0.193 e. The highest BCUT2D eigenvalue weighted by Gasteiger charge is 2.53. The van der Waals surface area contributed by atoms with Gasteiger partial charge in [-0.25, -0.2) is 4.98 Å². The van der Waals surface area contributed by atoms with Crippen LogP contribution in [-0.4, -0.2) is 15.4 Å². The molecule has 4 fully saturated rings. The van der Waals surface area contributed by atoms with Gasteiger partial charge >= 0.3 is 0 Å². The molecule has 2 aromatic heterocycles. The predicted molar refractivity (Wildman–Crippen MR) is 85.4 cm³/mol. The topological polar surface area (TPSA) is 43.3 Å². The Morgan fingerprint density at radius 1 is 1.24 bits per heavy atom. The van der Waals surface area contributed by atoms with Crippen molar-refractivity contribution in [2.45, 2.75) is 51.0 Å². The summed E-state index contributed by atoms with van der Waals surface area (Å²) in [6.45, 7) is 0. The number of nitrogens with two attached hydrogens (primary N) is 1. The molecule has 1 unspecified atom stereocenters. The van der Waals surface area contributed by atoms with E-state index in [9.17, 15) is 0 Å². The van der Waals surface area contributed by atoms with Crippen LogP contribution >= 0.6 is 11.3 Å². The number of hydrogen-bond acceptors (Lipinski definition) is 3. The molecule has 0 amide bonds. The molecule has 2 aromatic rings. The zero-order valence-corrected chi connectivity index (χ0v) is 13.2. The number of aromatic nitrogens is 2. The van der Waals surface area contributed by atoms with Crippen molar-refractivity contribution >= 4 is 16.3 Å². The van der Waals surface area contributed by atoms with Gasteiger partial charge in [0.2, 0.25) is 0 Å². The summed E-state index contributed by atoms with van der Waals surface area (Å²) in [6.07, 6.45) is 13.9. The largest absolute Gasteiger partial charge is 0.327 e. The first-order valence-electron chi connectivity index (χ1n) is 8.37. The van der Waals surface area contributed by atoms with Crippen molar-refractivity contribution in [3.8, 4) is 0 Å². The molecule has 0 saturated heterocycles. The van der Waals surface area contributed by atoms with Gasteiger partial charge in [-0.1, -0.05) is 0 Å². The van der Waals surface area contributed by atoms with Gasteiger partial charge in [0.05, 0.1) is 5.69 Å². The second-order valence-corrected chi connectivity index (χ2v) is 8.79. The van der Waals surface area contributed by atoms with Crippen LogP contribution in [0.25, 0.3) is 4.96 Å². The van der Waals surface area contributed by atoms with Crippen molar-refractivity contribution < 1.29 is 0 Å². The first-order chi connectivity index (χ1) is 10.2. The van der Waals surface area contributed by atoms with Gasteiger partial charge in [0.15, 0.2) is 4.96 Å². The van der Waals surface area contributed by atoms with Gasteiger partial charge in [0.1, 0.15) is 0 Å². The van der Waals surface area contributed by atoms with Gasteiger partial charge in [-0.2, -0.15) is 0 Å². The van der Waals surface area contributed by atoms with E-state index in [1.807, 2.05) is 0 Å². The van der Waals surface area contributed by atoms with E-state index in [1.165, 1.54) is 44.2 Å². The maximum absolute atomic E-state index is 6.75. The SMILES string of the molecule is NC(Cc1cn2ccsc2n1)C12CC3CC(CC(C3)C1)C2. The lowest BCUT2D eigenvalue weighted by atomic mass is 9.47. The van der Waals surface area contributed by atoms with E-state index in [1.54, 1.807) is 11.3 Å². The maximum atomic E-state index is 6.75. The molecular weight excluding hydrogens is 278 g/mol. The molecule has 4 aliphatic rings. The second-order valence-electron chi connectivity index (χ2n) is 7.92. The van der Waals surface area contributed by atoms with Crippen molar-refractivity contribution in [1.82, 2.24) is 9.38 Å². The van der Waals surface area contributed by atoms with Gasteiger partial charge in [-0.3, -0.25) is 4.40 Å².